The van der Waals surface area contributed by atoms with Crippen LogP contribution in [0.3, 0.4) is 0 Å². The summed E-state index contributed by atoms with van der Waals surface area (Å²) >= 11 is 0. The molecule has 1 aliphatic rings. The molecule has 0 aromatic heterocycles. The van der Waals surface area contributed by atoms with E-state index in [1.165, 1.54) is 11.3 Å². The minimum absolute atomic E-state index is 0.0981. The van der Waals surface area contributed by atoms with Crippen LogP contribution in [0, 0.1) is 6.92 Å². The standard InChI is InChI=1S/C15H24N2O/c1-3-17(14-6-4-13(2)5-7-14)12-15(16)8-10-18-11-9-15/h4-7H,3,8-12,16H2,1-2H3. The zero-order chi connectivity index (χ0) is 13.0. The lowest BCUT2D eigenvalue weighted by Crippen LogP contribution is -2.53. The molecule has 0 atom stereocenters. The molecule has 0 unspecified atom stereocenters. The van der Waals surface area contributed by atoms with E-state index < -0.39 is 0 Å². The van der Waals surface area contributed by atoms with Crippen molar-refractivity contribution in [2.75, 3.05) is 31.2 Å². The molecule has 0 bridgehead atoms. The average Bonchev–Trinajstić information content (AvgIpc) is 2.38. The largest absolute Gasteiger partial charge is 0.381 e. The molecule has 100 valence electrons. The van der Waals surface area contributed by atoms with E-state index >= 15 is 0 Å². The number of hydrogen-bond acceptors (Lipinski definition) is 3. The third-order valence-electron chi connectivity index (χ3n) is 3.78. The van der Waals surface area contributed by atoms with E-state index in [2.05, 4.69) is 43.0 Å². The van der Waals surface area contributed by atoms with Gasteiger partial charge in [-0.3, -0.25) is 0 Å². The highest BCUT2D eigenvalue weighted by Gasteiger charge is 2.30. The van der Waals surface area contributed by atoms with E-state index in [1.807, 2.05) is 0 Å². The van der Waals surface area contributed by atoms with Crippen LogP contribution < -0.4 is 10.6 Å². The molecule has 1 heterocycles. The molecule has 0 aliphatic carbocycles. The van der Waals surface area contributed by atoms with Crippen molar-refractivity contribution in [1.82, 2.24) is 0 Å². The van der Waals surface area contributed by atoms with Crippen LogP contribution in [-0.4, -0.2) is 31.8 Å². The Hall–Kier alpha value is -1.06. The Morgan fingerprint density at radius 3 is 2.39 bits per heavy atom. The van der Waals surface area contributed by atoms with Crippen LogP contribution in [0.25, 0.3) is 0 Å². The quantitative estimate of drug-likeness (QED) is 0.888. The molecule has 1 aromatic rings. The van der Waals surface area contributed by atoms with E-state index in [4.69, 9.17) is 10.5 Å². The minimum atomic E-state index is -0.0981. The molecular weight excluding hydrogens is 224 g/mol. The van der Waals surface area contributed by atoms with Crippen LogP contribution in [0.1, 0.15) is 25.3 Å². The van der Waals surface area contributed by atoms with Crippen molar-refractivity contribution in [3.8, 4) is 0 Å². The molecule has 3 nitrogen and oxygen atoms in total. The smallest absolute Gasteiger partial charge is 0.0484 e. The number of rotatable bonds is 4. The van der Waals surface area contributed by atoms with Gasteiger partial charge in [0, 0.05) is 37.5 Å². The van der Waals surface area contributed by atoms with Gasteiger partial charge in [0.25, 0.3) is 0 Å². The van der Waals surface area contributed by atoms with E-state index in [0.29, 0.717) is 0 Å². The van der Waals surface area contributed by atoms with Crippen molar-refractivity contribution in [3.05, 3.63) is 29.8 Å². The van der Waals surface area contributed by atoms with Crippen molar-refractivity contribution in [2.24, 2.45) is 5.73 Å². The van der Waals surface area contributed by atoms with Gasteiger partial charge in [-0.1, -0.05) is 17.7 Å². The lowest BCUT2D eigenvalue weighted by atomic mass is 9.90. The maximum atomic E-state index is 6.48. The number of nitrogens with two attached hydrogens (primary N) is 1. The molecule has 1 fully saturated rings. The zero-order valence-electron chi connectivity index (χ0n) is 11.5. The fourth-order valence-corrected chi connectivity index (χ4v) is 2.46. The molecule has 18 heavy (non-hydrogen) atoms. The van der Waals surface area contributed by atoms with Gasteiger partial charge in [-0.25, -0.2) is 0 Å². The first-order chi connectivity index (χ1) is 8.63. The second kappa shape index (κ2) is 5.72. The van der Waals surface area contributed by atoms with Gasteiger partial charge in [0.2, 0.25) is 0 Å². The zero-order valence-corrected chi connectivity index (χ0v) is 11.5. The van der Waals surface area contributed by atoms with Crippen LogP contribution in [0.4, 0.5) is 5.69 Å². The Balaban J connectivity index is 2.06. The first-order valence-electron chi connectivity index (χ1n) is 6.81. The molecule has 2 rings (SSSR count). The van der Waals surface area contributed by atoms with Crippen molar-refractivity contribution in [2.45, 2.75) is 32.2 Å². The van der Waals surface area contributed by atoms with Gasteiger partial charge in [0.15, 0.2) is 0 Å². The van der Waals surface area contributed by atoms with Gasteiger partial charge in [-0.15, -0.1) is 0 Å². The van der Waals surface area contributed by atoms with Crippen LogP contribution in [-0.2, 0) is 4.74 Å². The number of anilines is 1. The van der Waals surface area contributed by atoms with Crippen LogP contribution in [0.5, 0.6) is 0 Å². The lowest BCUT2D eigenvalue weighted by molar-refractivity contribution is 0.0555. The SMILES string of the molecule is CCN(CC1(N)CCOCC1)c1ccc(C)cc1. The molecule has 0 saturated carbocycles. The number of ether oxygens (including phenoxy) is 1. The topological polar surface area (TPSA) is 38.5 Å². The molecule has 0 spiro atoms. The Morgan fingerprint density at radius 2 is 1.83 bits per heavy atom. The summed E-state index contributed by atoms with van der Waals surface area (Å²) in [6.07, 6.45) is 1.91. The maximum Gasteiger partial charge on any atom is 0.0484 e. The van der Waals surface area contributed by atoms with Crippen LogP contribution in [0.2, 0.25) is 0 Å². The highest BCUT2D eigenvalue weighted by atomic mass is 16.5. The second-order valence-electron chi connectivity index (χ2n) is 5.32. The van der Waals surface area contributed by atoms with E-state index in [0.717, 1.165) is 39.1 Å². The fourth-order valence-electron chi connectivity index (χ4n) is 2.46. The first kappa shape index (κ1) is 13.4. The summed E-state index contributed by atoms with van der Waals surface area (Å²) in [5, 5.41) is 0. The predicted molar refractivity (Wildman–Crippen MR) is 76.0 cm³/mol. The van der Waals surface area contributed by atoms with E-state index in [1.54, 1.807) is 0 Å². The normalized spacial score (nSPS) is 18.6. The molecule has 2 N–H and O–H groups in total. The minimum Gasteiger partial charge on any atom is -0.381 e. The summed E-state index contributed by atoms with van der Waals surface area (Å²) in [7, 11) is 0. The molecule has 1 aromatic carbocycles. The summed E-state index contributed by atoms with van der Waals surface area (Å²) in [6, 6.07) is 8.68. The van der Waals surface area contributed by atoms with Crippen molar-refractivity contribution in [1.29, 1.82) is 0 Å². The summed E-state index contributed by atoms with van der Waals surface area (Å²) in [5.74, 6) is 0. The predicted octanol–water partition coefficient (Wildman–Crippen LogP) is 2.33. The molecule has 1 aliphatic heterocycles. The molecule has 3 heteroatoms. The third kappa shape index (κ3) is 3.24. The van der Waals surface area contributed by atoms with Crippen molar-refractivity contribution in [3.63, 3.8) is 0 Å². The second-order valence-corrected chi connectivity index (χ2v) is 5.32. The first-order valence-corrected chi connectivity index (χ1v) is 6.81. The number of hydrogen-bond donors (Lipinski definition) is 1. The Labute approximate surface area is 110 Å². The van der Waals surface area contributed by atoms with Crippen molar-refractivity contribution >= 4 is 5.69 Å². The number of aryl methyl sites for hydroxylation is 1. The highest BCUT2D eigenvalue weighted by molar-refractivity contribution is 5.47. The Bertz CT molecular complexity index is 369. The van der Waals surface area contributed by atoms with Gasteiger partial charge in [-0.05, 0) is 38.8 Å². The van der Waals surface area contributed by atoms with Gasteiger partial charge in [0.05, 0.1) is 0 Å². The number of benzene rings is 1. The molecule has 0 radical (unpaired) electrons. The summed E-state index contributed by atoms with van der Waals surface area (Å²) in [4.78, 5) is 2.37. The fraction of sp³-hybridized carbons (Fsp3) is 0.600. The van der Waals surface area contributed by atoms with E-state index in [-0.39, 0.29) is 5.54 Å². The highest BCUT2D eigenvalue weighted by Crippen LogP contribution is 2.23. The van der Waals surface area contributed by atoms with Gasteiger partial charge >= 0.3 is 0 Å². The van der Waals surface area contributed by atoms with Gasteiger partial charge < -0.3 is 15.4 Å². The van der Waals surface area contributed by atoms with Gasteiger partial charge in [0.1, 0.15) is 0 Å². The third-order valence-corrected chi connectivity index (χ3v) is 3.78. The molecule has 1 saturated heterocycles. The van der Waals surface area contributed by atoms with Crippen LogP contribution >= 0.6 is 0 Å². The maximum absolute atomic E-state index is 6.48. The Morgan fingerprint density at radius 1 is 1.22 bits per heavy atom. The summed E-state index contributed by atoms with van der Waals surface area (Å²) < 4.78 is 5.40. The summed E-state index contributed by atoms with van der Waals surface area (Å²) in [5.41, 5.74) is 8.94. The molecular formula is C15H24N2O. The summed E-state index contributed by atoms with van der Waals surface area (Å²) in [6.45, 7) is 7.79. The van der Waals surface area contributed by atoms with Gasteiger partial charge in [-0.2, -0.15) is 0 Å². The van der Waals surface area contributed by atoms with Crippen LogP contribution in [0.15, 0.2) is 24.3 Å². The molecule has 0 amide bonds. The van der Waals surface area contributed by atoms with E-state index in [9.17, 15) is 0 Å². The number of likely N-dealkylation sites (N-methyl/N-ethyl adjacent to an activating group) is 1. The Kier molecular flexibility index (Phi) is 4.25. The monoisotopic (exact) mass is 248 g/mol. The number of nitrogens with zero attached hydrogens (tertiary/aromatic N) is 1. The van der Waals surface area contributed by atoms with Crippen molar-refractivity contribution < 1.29 is 4.74 Å². The average molecular weight is 248 g/mol. The lowest BCUT2D eigenvalue weighted by Gasteiger charge is -2.38.